The van der Waals surface area contributed by atoms with E-state index in [2.05, 4.69) is 12.2 Å². The highest BCUT2D eigenvalue weighted by atomic mass is 35.5. The van der Waals surface area contributed by atoms with Crippen LogP contribution in [0.1, 0.15) is 44.6 Å². The van der Waals surface area contributed by atoms with Crippen molar-refractivity contribution in [2.24, 2.45) is 0 Å². The number of halogens is 2. The third kappa shape index (κ3) is 4.35. The molecule has 1 unspecified atom stereocenters. The van der Waals surface area contributed by atoms with Gasteiger partial charge in [0.1, 0.15) is 0 Å². The lowest BCUT2D eigenvalue weighted by atomic mass is 9.75. The van der Waals surface area contributed by atoms with Crippen molar-refractivity contribution in [3.63, 3.8) is 0 Å². The van der Waals surface area contributed by atoms with E-state index in [1.54, 1.807) is 0 Å². The van der Waals surface area contributed by atoms with Crippen molar-refractivity contribution < 1.29 is 4.74 Å². The van der Waals surface area contributed by atoms with Crippen LogP contribution < -0.4 is 5.32 Å². The molecule has 2 nitrogen and oxygen atoms in total. The molecular weight excluding hydrogens is 305 g/mol. The van der Waals surface area contributed by atoms with E-state index < -0.39 is 0 Å². The number of rotatable bonds is 8. The molecular formula is C17H25Cl2NO. The van der Waals surface area contributed by atoms with Crippen LogP contribution >= 0.6 is 23.2 Å². The Morgan fingerprint density at radius 2 is 1.95 bits per heavy atom. The Balaban J connectivity index is 2.08. The molecule has 0 spiro atoms. The molecule has 0 aromatic heterocycles. The summed E-state index contributed by atoms with van der Waals surface area (Å²) in [4.78, 5) is 0. The van der Waals surface area contributed by atoms with E-state index >= 15 is 0 Å². The zero-order valence-electron chi connectivity index (χ0n) is 12.9. The highest BCUT2D eigenvalue weighted by molar-refractivity contribution is 6.36. The molecule has 2 rings (SSSR count). The molecule has 0 heterocycles. The van der Waals surface area contributed by atoms with Crippen molar-refractivity contribution in [2.75, 3.05) is 13.7 Å². The van der Waals surface area contributed by atoms with Crippen LogP contribution in [0.3, 0.4) is 0 Å². The third-order valence-electron chi connectivity index (χ3n) is 4.51. The topological polar surface area (TPSA) is 21.3 Å². The fourth-order valence-electron chi connectivity index (χ4n) is 3.05. The average molecular weight is 330 g/mol. The molecule has 1 aliphatic rings. The number of benzene rings is 1. The SMILES string of the molecule is CCCNC(Cc1c(Cl)cccc1Cl)CC1(OC)CCC1. The summed E-state index contributed by atoms with van der Waals surface area (Å²) in [5, 5.41) is 5.14. The van der Waals surface area contributed by atoms with E-state index in [1.165, 1.54) is 6.42 Å². The summed E-state index contributed by atoms with van der Waals surface area (Å²) in [6.07, 6.45) is 6.57. The maximum Gasteiger partial charge on any atom is 0.0693 e. The molecule has 0 aliphatic heterocycles. The van der Waals surface area contributed by atoms with E-state index in [4.69, 9.17) is 27.9 Å². The lowest BCUT2D eigenvalue weighted by molar-refractivity contribution is -0.0833. The van der Waals surface area contributed by atoms with Gasteiger partial charge in [-0.15, -0.1) is 0 Å². The monoisotopic (exact) mass is 329 g/mol. The van der Waals surface area contributed by atoms with Gasteiger partial charge in [0.15, 0.2) is 0 Å². The molecule has 0 saturated heterocycles. The first kappa shape index (κ1) is 17.1. The molecule has 0 radical (unpaired) electrons. The van der Waals surface area contributed by atoms with Gasteiger partial charge in [0, 0.05) is 23.2 Å². The van der Waals surface area contributed by atoms with E-state index in [0.717, 1.165) is 54.3 Å². The fraction of sp³-hybridized carbons (Fsp3) is 0.647. The highest BCUT2D eigenvalue weighted by Crippen LogP contribution is 2.39. The van der Waals surface area contributed by atoms with Gasteiger partial charge in [0.25, 0.3) is 0 Å². The molecule has 1 aliphatic carbocycles. The van der Waals surface area contributed by atoms with Crippen molar-refractivity contribution in [1.29, 1.82) is 0 Å². The number of hydrogen-bond acceptors (Lipinski definition) is 2. The van der Waals surface area contributed by atoms with Crippen molar-refractivity contribution in [3.05, 3.63) is 33.8 Å². The summed E-state index contributed by atoms with van der Waals surface area (Å²) in [5.41, 5.74) is 1.10. The third-order valence-corrected chi connectivity index (χ3v) is 5.22. The van der Waals surface area contributed by atoms with Gasteiger partial charge in [-0.2, -0.15) is 0 Å². The summed E-state index contributed by atoms with van der Waals surface area (Å²) < 4.78 is 5.78. The van der Waals surface area contributed by atoms with Gasteiger partial charge >= 0.3 is 0 Å². The molecule has 1 N–H and O–H groups in total. The largest absolute Gasteiger partial charge is 0.378 e. The zero-order valence-corrected chi connectivity index (χ0v) is 14.4. The summed E-state index contributed by atoms with van der Waals surface area (Å²) in [7, 11) is 1.83. The Hall–Kier alpha value is -0.280. The first-order valence-electron chi connectivity index (χ1n) is 7.81. The fourth-order valence-corrected chi connectivity index (χ4v) is 3.60. The van der Waals surface area contributed by atoms with Gasteiger partial charge in [0.05, 0.1) is 5.60 Å². The molecule has 118 valence electrons. The van der Waals surface area contributed by atoms with Crippen LogP contribution in [-0.2, 0) is 11.2 Å². The molecule has 1 saturated carbocycles. The number of ether oxygens (including phenoxy) is 1. The normalized spacial score (nSPS) is 18.3. The minimum absolute atomic E-state index is 0.0547. The van der Waals surface area contributed by atoms with E-state index in [1.807, 2.05) is 25.3 Å². The lowest BCUT2D eigenvalue weighted by Gasteiger charge is -2.43. The van der Waals surface area contributed by atoms with Crippen LogP contribution in [0.5, 0.6) is 0 Å². The van der Waals surface area contributed by atoms with Crippen LogP contribution in [-0.4, -0.2) is 25.3 Å². The van der Waals surface area contributed by atoms with Crippen molar-refractivity contribution in [2.45, 2.75) is 57.1 Å². The zero-order chi connectivity index (χ0) is 15.3. The van der Waals surface area contributed by atoms with Gasteiger partial charge in [0.2, 0.25) is 0 Å². The molecule has 0 bridgehead atoms. The Kier molecular flexibility index (Phi) is 6.36. The van der Waals surface area contributed by atoms with E-state index in [9.17, 15) is 0 Å². The quantitative estimate of drug-likeness (QED) is 0.735. The van der Waals surface area contributed by atoms with Crippen LogP contribution in [0.25, 0.3) is 0 Å². The first-order chi connectivity index (χ1) is 10.1. The van der Waals surface area contributed by atoms with Crippen molar-refractivity contribution >= 4 is 23.2 Å². The van der Waals surface area contributed by atoms with Crippen LogP contribution in [0.4, 0.5) is 0 Å². The van der Waals surface area contributed by atoms with Gasteiger partial charge in [-0.05, 0) is 62.8 Å². The maximum absolute atomic E-state index is 6.32. The molecule has 0 amide bonds. The van der Waals surface area contributed by atoms with Crippen LogP contribution in [0.2, 0.25) is 10.0 Å². The minimum Gasteiger partial charge on any atom is -0.378 e. The van der Waals surface area contributed by atoms with Crippen molar-refractivity contribution in [3.8, 4) is 0 Å². The first-order valence-corrected chi connectivity index (χ1v) is 8.57. The van der Waals surface area contributed by atoms with E-state index in [-0.39, 0.29) is 5.60 Å². The smallest absolute Gasteiger partial charge is 0.0693 e. The number of nitrogens with one attached hydrogen (secondary N) is 1. The Bertz CT molecular complexity index is 434. The van der Waals surface area contributed by atoms with E-state index in [0.29, 0.717) is 6.04 Å². The maximum atomic E-state index is 6.32. The number of hydrogen-bond donors (Lipinski definition) is 1. The van der Waals surface area contributed by atoms with Crippen LogP contribution in [0.15, 0.2) is 18.2 Å². The second-order valence-electron chi connectivity index (χ2n) is 6.00. The summed E-state index contributed by atoms with van der Waals surface area (Å²) in [5.74, 6) is 0. The summed E-state index contributed by atoms with van der Waals surface area (Å²) >= 11 is 12.6. The molecule has 1 aromatic carbocycles. The Labute approximate surface area is 138 Å². The highest BCUT2D eigenvalue weighted by Gasteiger charge is 2.39. The minimum atomic E-state index is 0.0547. The van der Waals surface area contributed by atoms with Gasteiger partial charge < -0.3 is 10.1 Å². The van der Waals surface area contributed by atoms with Gasteiger partial charge in [-0.1, -0.05) is 36.2 Å². The molecule has 21 heavy (non-hydrogen) atoms. The number of methoxy groups -OCH3 is 1. The second-order valence-corrected chi connectivity index (χ2v) is 6.81. The Morgan fingerprint density at radius 3 is 2.43 bits per heavy atom. The van der Waals surface area contributed by atoms with Gasteiger partial charge in [-0.3, -0.25) is 0 Å². The lowest BCUT2D eigenvalue weighted by Crippen LogP contribution is -2.46. The molecule has 4 heteroatoms. The Morgan fingerprint density at radius 1 is 1.29 bits per heavy atom. The average Bonchev–Trinajstić information content (AvgIpc) is 2.43. The standard InChI is InChI=1S/C17H25Cl2NO/c1-3-10-20-13(12-17(21-2)8-5-9-17)11-14-15(18)6-4-7-16(14)19/h4,6-7,13,20H,3,5,8-12H2,1-2H3. The van der Waals surface area contributed by atoms with Crippen molar-refractivity contribution in [1.82, 2.24) is 5.32 Å². The molecule has 1 atom stereocenters. The van der Waals surface area contributed by atoms with Gasteiger partial charge in [-0.25, -0.2) is 0 Å². The predicted octanol–water partition coefficient (Wildman–Crippen LogP) is 4.86. The predicted molar refractivity (Wildman–Crippen MR) is 90.5 cm³/mol. The summed E-state index contributed by atoms with van der Waals surface area (Å²) in [6, 6.07) is 6.07. The molecule has 1 aromatic rings. The second kappa shape index (κ2) is 7.82. The summed E-state index contributed by atoms with van der Waals surface area (Å²) in [6.45, 7) is 3.19. The van der Waals surface area contributed by atoms with Crippen LogP contribution in [0, 0.1) is 0 Å². The molecule has 1 fully saturated rings.